The Bertz CT molecular complexity index is 1180. The van der Waals surface area contributed by atoms with Gasteiger partial charge in [-0.15, -0.1) is 0 Å². The predicted octanol–water partition coefficient (Wildman–Crippen LogP) is 5.66. The minimum Gasteiger partial charge on any atom is -0.465 e. The van der Waals surface area contributed by atoms with Gasteiger partial charge in [-0.3, -0.25) is 9.59 Å². The van der Waals surface area contributed by atoms with Gasteiger partial charge in [0, 0.05) is 17.6 Å². The molecule has 0 saturated carbocycles. The van der Waals surface area contributed by atoms with E-state index in [0.717, 1.165) is 5.56 Å². The quantitative estimate of drug-likeness (QED) is 0.485. The van der Waals surface area contributed by atoms with Gasteiger partial charge in [0.25, 0.3) is 5.91 Å². The van der Waals surface area contributed by atoms with Gasteiger partial charge in [0.2, 0.25) is 5.91 Å². The van der Waals surface area contributed by atoms with E-state index in [1.165, 1.54) is 26.2 Å². The molecule has 0 fully saturated rings. The monoisotopic (exact) mass is 456 g/mol. The number of ether oxygens (including phenoxy) is 1. The van der Waals surface area contributed by atoms with Crippen molar-refractivity contribution in [2.45, 2.75) is 6.92 Å². The molecule has 0 radical (unpaired) electrons. The number of esters is 1. The van der Waals surface area contributed by atoms with E-state index in [2.05, 4.69) is 10.6 Å². The molecule has 2 amide bonds. The topological polar surface area (TPSA) is 84.5 Å². The molecule has 0 aliphatic rings. The molecule has 0 aliphatic heterocycles. The van der Waals surface area contributed by atoms with Crippen molar-refractivity contribution >= 4 is 52.4 Å². The molecule has 0 spiro atoms. The van der Waals surface area contributed by atoms with E-state index < -0.39 is 11.9 Å². The van der Waals surface area contributed by atoms with Gasteiger partial charge in [0.15, 0.2) is 0 Å². The molecule has 6 nitrogen and oxygen atoms in total. The molecule has 3 aromatic rings. The molecule has 0 aliphatic carbocycles. The van der Waals surface area contributed by atoms with Crippen LogP contribution in [0.3, 0.4) is 0 Å². The van der Waals surface area contributed by atoms with Gasteiger partial charge in [-0.25, -0.2) is 4.79 Å². The number of carbonyl (C=O) groups is 3. The van der Waals surface area contributed by atoms with Crippen LogP contribution in [0.2, 0.25) is 10.0 Å². The molecular formula is C23H18Cl2N2O4. The molecule has 8 heteroatoms. The lowest BCUT2D eigenvalue weighted by atomic mass is 10.0. The van der Waals surface area contributed by atoms with E-state index in [9.17, 15) is 14.4 Å². The maximum absolute atomic E-state index is 12.7. The second-order valence-corrected chi connectivity index (χ2v) is 7.44. The molecule has 3 rings (SSSR count). The van der Waals surface area contributed by atoms with Crippen molar-refractivity contribution in [2.24, 2.45) is 0 Å². The van der Waals surface area contributed by atoms with Gasteiger partial charge in [0.05, 0.1) is 28.9 Å². The highest BCUT2D eigenvalue weighted by atomic mass is 35.5. The summed E-state index contributed by atoms with van der Waals surface area (Å²) < 4.78 is 4.88. The van der Waals surface area contributed by atoms with E-state index >= 15 is 0 Å². The van der Waals surface area contributed by atoms with Crippen LogP contribution in [0.4, 0.5) is 11.4 Å². The summed E-state index contributed by atoms with van der Waals surface area (Å²) in [5, 5.41) is 6.01. The second kappa shape index (κ2) is 9.64. The number of carbonyl (C=O) groups excluding carboxylic acids is 3. The largest absolute Gasteiger partial charge is 0.465 e. The molecule has 31 heavy (non-hydrogen) atoms. The Morgan fingerprint density at radius 3 is 2.26 bits per heavy atom. The first-order valence-corrected chi connectivity index (χ1v) is 9.91. The Kier molecular flexibility index (Phi) is 6.95. The first-order chi connectivity index (χ1) is 14.8. The maximum Gasteiger partial charge on any atom is 0.339 e. The molecular weight excluding hydrogens is 439 g/mol. The standard InChI is InChI=1S/C23H18Cl2N2O4/c1-13(28)26-17-5-3-4-14(10-17)15-6-9-21(19(11-15)23(30)31-2)27-22(29)18-8-7-16(24)12-20(18)25/h3-12H,1-2H3,(H,26,28)(H,27,29). The zero-order valence-electron chi connectivity index (χ0n) is 16.7. The highest BCUT2D eigenvalue weighted by Gasteiger charge is 2.18. The normalized spacial score (nSPS) is 10.3. The van der Waals surface area contributed by atoms with Crippen molar-refractivity contribution < 1.29 is 19.1 Å². The molecule has 158 valence electrons. The average molecular weight is 457 g/mol. The van der Waals surface area contributed by atoms with Crippen molar-refractivity contribution in [2.75, 3.05) is 17.7 Å². The van der Waals surface area contributed by atoms with E-state index in [-0.39, 0.29) is 27.7 Å². The first kappa shape index (κ1) is 22.3. The van der Waals surface area contributed by atoms with Crippen molar-refractivity contribution in [3.8, 4) is 11.1 Å². The van der Waals surface area contributed by atoms with Crippen LogP contribution in [0.1, 0.15) is 27.6 Å². The summed E-state index contributed by atoms with van der Waals surface area (Å²) in [6.45, 7) is 1.42. The number of hydrogen-bond donors (Lipinski definition) is 2. The van der Waals surface area contributed by atoms with Crippen LogP contribution in [0.25, 0.3) is 11.1 Å². The van der Waals surface area contributed by atoms with Crippen molar-refractivity contribution in [1.82, 2.24) is 0 Å². The first-order valence-electron chi connectivity index (χ1n) is 9.15. The number of amides is 2. The van der Waals surface area contributed by atoms with Crippen molar-refractivity contribution in [3.05, 3.63) is 81.8 Å². The van der Waals surface area contributed by atoms with Gasteiger partial charge >= 0.3 is 5.97 Å². The Hall–Kier alpha value is -3.35. The number of anilines is 2. The predicted molar refractivity (Wildman–Crippen MR) is 122 cm³/mol. The van der Waals surface area contributed by atoms with Crippen LogP contribution < -0.4 is 10.6 Å². The zero-order chi connectivity index (χ0) is 22.5. The molecule has 0 atom stereocenters. The summed E-state index contributed by atoms with van der Waals surface area (Å²) in [7, 11) is 1.26. The molecule has 0 bridgehead atoms. The third-order valence-corrected chi connectivity index (χ3v) is 4.91. The summed E-state index contributed by atoms with van der Waals surface area (Å²) in [5.74, 6) is -1.30. The molecule has 0 saturated heterocycles. The van der Waals surface area contributed by atoms with Gasteiger partial charge in [-0.1, -0.05) is 41.4 Å². The van der Waals surface area contributed by atoms with Crippen LogP contribution in [0, 0.1) is 0 Å². The lowest BCUT2D eigenvalue weighted by Gasteiger charge is -2.13. The number of nitrogens with one attached hydrogen (secondary N) is 2. The lowest BCUT2D eigenvalue weighted by Crippen LogP contribution is -2.16. The van der Waals surface area contributed by atoms with Crippen LogP contribution in [-0.2, 0) is 9.53 Å². The van der Waals surface area contributed by atoms with Crippen LogP contribution >= 0.6 is 23.2 Å². The minimum atomic E-state index is -0.614. The Labute approximate surface area is 189 Å². The Morgan fingerprint density at radius 1 is 0.839 bits per heavy atom. The van der Waals surface area contributed by atoms with E-state index in [1.54, 1.807) is 42.5 Å². The second-order valence-electron chi connectivity index (χ2n) is 6.59. The summed E-state index contributed by atoms with van der Waals surface area (Å²) in [5.41, 5.74) is 2.76. The van der Waals surface area contributed by atoms with Gasteiger partial charge < -0.3 is 15.4 Å². The molecule has 3 aromatic carbocycles. The maximum atomic E-state index is 12.7. The summed E-state index contributed by atoms with van der Waals surface area (Å²) in [4.78, 5) is 36.4. The fraction of sp³-hybridized carbons (Fsp3) is 0.0870. The third kappa shape index (κ3) is 5.42. The lowest BCUT2D eigenvalue weighted by molar-refractivity contribution is -0.114. The van der Waals surface area contributed by atoms with E-state index in [1.807, 2.05) is 6.07 Å². The number of hydrogen-bond acceptors (Lipinski definition) is 4. The molecule has 2 N–H and O–H groups in total. The summed E-state index contributed by atoms with van der Waals surface area (Å²) in [6.07, 6.45) is 0. The Morgan fingerprint density at radius 2 is 1.58 bits per heavy atom. The van der Waals surface area contributed by atoms with Gasteiger partial charge in [-0.2, -0.15) is 0 Å². The molecule has 0 aromatic heterocycles. The summed E-state index contributed by atoms with van der Waals surface area (Å²) >= 11 is 12.0. The average Bonchev–Trinajstić information content (AvgIpc) is 2.73. The van der Waals surface area contributed by atoms with Crippen molar-refractivity contribution in [3.63, 3.8) is 0 Å². The SMILES string of the molecule is COC(=O)c1cc(-c2cccc(NC(C)=O)c2)ccc1NC(=O)c1ccc(Cl)cc1Cl. The Balaban J connectivity index is 1.96. The van der Waals surface area contributed by atoms with E-state index in [4.69, 9.17) is 27.9 Å². The summed E-state index contributed by atoms with van der Waals surface area (Å²) in [6, 6.07) is 16.6. The minimum absolute atomic E-state index is 0.170. The molecule has 0 unspecified atom stereocenters. The zero-order valence-corrected chi connectivity index (χ0v) is 18.2. The van der Waals surface area contributed by atoms with Crippen molar-refractivity contribution in [1.29, 1.82) is 0 Å². The fourth-order valence-electron chi connectivity index (χ4n) is 2.95. The highest BCUT2D eigenvalue weighted by Crippen LogP contribution is 2.29. The molecule has 0 heterocycles. The number of benzene rings is 3. The highest BCUT2D eigenvalue weighted by molar-refractivity contribution is 6.37. The number of methoxy groups -OCH3 is 1. The third-order valence-electron chi connectivity index (χ3n) is 4.37. The number of rotatable bonds is 5. The van der Waals surface area contributed by atoms with Crippen LogP contribution in [0.15, 0.2) is 60.7 Å². The number of halogens is 2. The van der Waals surface area contributed by atoms with Crippen LogP contribution in [-0.4, -0.2) is 24.9 Å². The van der Waals surface area contributed by atoms with Gasteiger partial charge in [0.1, 0.15) is 0 Å². The fourth-order valence-corrected chi connectivity index (χ4v) is 3.45. The smallest absolute Gasteiger partial charge is 0.339 e. The van der Waals surface area contributed by atoms with Crippen LogP contribution in [0.5, 0.6) is 0 Å². The van der Waals surface area contributed by atoms with E-state index in [0.29, 0.717) is 16.3 Å². The van der Waals surface area contributed by atoms with Gasteiger partial charge in [-0.05, 0) is 53.6 Å².